The van der Waals surface area contributed by atoms with Crippen LogP contribution in [-0.2, 0) is 9.59 Å². The van der Waals surface area contributed by atoms with Gasteiger partial charge in [-0.3, -0.25) is 9.59 Å². The largest absolute Gasteiger partial charge is 0.394 e. The zero-order chi connectivity index (χ0) is 16.2. The predicted octanol–water partition coefficient (Wildman–Crippen LogP) is 2.27. The van der Waals surface area contributed by atoms with Gasteiger partial charge >= 0.3 is 0 Å². The highest BCUT2D eigenvalue weighted by Crippen LogP contribution is 2.17. The Morgan fingerprint density at radius 2 is 1.73 bits per heavy atom. The van der Waals surface area contributed by atoms with Gasteiger partial charge < -0.3 is 15.7 Å². The van der Waals surface area contributed by atoms with E-state index in [1.807, 2.05) is 0 Å². The van der Waals surface area contributed by atoms with E-state index in [9.17, 15) is 14.7 Å². The highest BCUT2D eigenvalue weighted by Gasteiger charge is 2.16. The molecule has 1 rings (SSSR count). The van der Waals surface area contributed by atoms with Crippen molar-refractivity contribution in [2.75, 3.05) is 6.61 Å². The number of hydrogen-bond acceptors (Lipinski definition) is 3. The quantitative estimate of drug-likeness (QED) is 0.572. The van der Waals surface area contributed by atoms with Crippen LogP contribution in [0.4, 0.5) is 0 Å². The first-order chi connectivity index (χ1) is 10.7. The van der Waals surface area contributed by atoms with Gasteiger partial charge in [0.1, 0.15) is 0 Å². The molecule has 0 spiro atoms. The highest BCUT2D eigenvalue weighted by atomic mass is 16.3. The fourth-order valence-electron chi connectivity index (χ4n) is 2.91. The van der Waals surface area contributed by atoms with E-state index in [-0.39, 0.29) is 43.3 Å². The molecule has 1 atom stereocenters. The molecule has 1 unspecified atom stereocenters. The molecule has 0 radical (unpaired) electrons. The third-order valence-electron chi connectivity index (χ3n) is 4.29. The lowest BCUT2D eigenvalue weighted by Gasteiger charge is -2.17. The lowest BCUT2D eigenvalue weighted by atomic mass is 10.1. The van der Waals surface area contributed by atoms with Crippen LogP contribution in [0.15, 0.2) is 0 Å². The molecule has 0 aromatic carbocycles. The van der Waals surface area contributed by atoms with E-state index in [2.05, 4.69) is 17.6 Å². The maximum absolute atomic E-state index is 11.9. The van der Waals surface area contributed by atoms with Gasteiger partial charge in [0.05, 0.1) is 12.6 Å². The van der Waals surface area contributed by atoms with Crippen molar-refractivity contribution in [1.29, 1.82) is 0 Å². The van der Waals surface area contributed by atoms with E-state index >= 15 is 0 Å². The van der Waals surface area contributed by atoms with Gasteiger partial charge in [-0.05, 0) is 19.3 Å². The summed E-state index contributed by atoms with van der Waals surface area (Å²) < 4.78 is 0. The topological polar surface area (TPSA) is 78.4 Å². The fourth-order valence-corrected chi connectivity index (χ4v) is 2.91. The second kappa shape index (κ2) is 11.5. The van der Waals surface area contributed by atoms with Crippen LogP contribution in [0.25, 0.3) is 0 Å². The average Bonchev–Trinajstić information content (AvgIpc) is 2.78. The molecule has 22 heavy (non-hydrogen) atoms. The molecule has 1 fully saturated rings. The molecular weight excluding hydrogens is 280 g/mol. The van der Waals surface area contributed by atoms with Crippen molar-refractivity contribution in [3.8, 4) is 0 Å². The van der Waals surface area contributed by atoms with Gasteiger partial charge in [0.2, 0.25) is 11.8 Å². The first kappa shape index (κ1) is 18.9. The minimum Gasteiger partial charge on any atom is -0.394 e. The van der Waals surface area contributed by atoms with Gasteiger partial charge in [0, 0.05) is 18.9 Å². The summed E-state index contributed by atoms with van der Waals surface area (Å²) in [6.07, 6.45) is 10.2. The van der Waals surface area contributed by atoms with Gasteiger partial charge in [-0.2, -0.15) is 0 Å². The lowest BCUT2D eigenvalue weighted by Crippen LogP contribution is -2.39. The van der Waals surface area contributed by atoms with Crippen molar-refractivity contribution in [2.45, 2.75) is 89.6 Å². The number of carbonyl (C=O) groups excluding carboxylic acids is 2. The fraction of sp³-hybridized carbons (Fsp3) is 0.882. The van der Waals surface area contributed by atoms with Crippen LogP contribution < -0.4 is 10.6 Å². The van der Waals surface area contributed by atoms with Gasteiger partial charge in [0.25, 0.3) is 0 Å². The van der Waals surface area contributed by atoms with E-state index < -0.39 is 0 Å². The Morgan fingerprint density at radius 3 is 2.32 bits per heavy atom. The Kier molecular flexibility index (Phi) is 9.87. The summed E-state index contributed by atoms with van der Waals surface area (Å²) in [4.78, 5) is 23.7. The van der Waals surface area contributed by atoms with Crippen LogP contribution >= 0.6 is 0 Å². The number of amides is 2. The summed E-state index contributed by atoms with van der Waals surface area (Å²) in [5.74, 6) is -0.178. The summed E-state index contributed by atoms with van der Waals surface area (Å²) >= 11 is 0. The molecule has 1 saturated carbocycles. The number of carbonyl (C=O) groups is 2. The summed E-state index contributed by atoms with van der Waals surface area (Å²) in [6, 6.07) is 0.102. The number of aliphatic hydroxyl groups is 1. The first-order valence-corrected chi connectivity index (χ1v) is 8.85. The number of rotatable bonds is 9. The zero-order valence-corrected chi connectivity index (χ0v) is 13.9. The minimum absolute atomic E-state index is 0.0313. The van der Waals surface area contributed by atoms with Crippen molar-refractivity contribution in [3.05, 3.63) is 0 Å². The standard InChI is InChI=1S/C17H32N2O3/c1-2-3-8-15(13-20)19-17(22)12-11-16(21)18-14-9-6-4-5-7-10-14/h14-15,20H,2-13H2,1H3,(H,18,21)(H,19,22). The van der Waals surface area contributed by atoms with E-state index in [4.69, 9.17) is 0 Å². The molecule has 1 aliphatic carbocycles. The van der Waals surface area contributed by atoms with Gasteiger partial charge in [-0.25, -0.2) is 0 Å². The maximum Gasteiger partial charge on any atom is 0.220 e. The van der Waals surface area contributed by atoms with Crippen LogP contribution in [-0.4, -0.2) is 35.6 Å². The van der Waals surface area contributed by atoms with Crippen molar-refractivity contribution >= 4 is 11.8 Å². The molecule has 5 nitrogen and oxygen atoms in total. The Hall–Kier alpha value is -1.10. The maximum atomic E-state index is 11.9. The molecule has 0 bridgehead atoms. The Balaban J connectivity index is 2.20. The first-order valence-electron chi connectivity index (χ1n) is 8.85. The molecule has 0 aromatic rings. The number of unbranched alkanes of at least 4 members (excludes halogenated alkanes) is 1. The van der Waals surface area contributed by atoms with E-state index in [1.165, 1.54) is 25.7 Å². The molecule has 0 aliphatic heterocycles. The van der Waals surface area contributed by atoms with E-state index in [1.54, 1.807) is 0 Å². The van der Waals surface area contributed by atoms with Crippen LogP contribution in [0.1, 0.15) is 77.6 Å². The van der Waals surface area contributed by atoms with Gasteiger partial charge in [-0.15, -0.1) is 0 Å². The van der Waals surface area contributed by atoms with Crippen LogP contribution in [0.2, 0.25) is 0 Å². The second-order valence-corrected chi connectivity index (χ2v) is 6.35. The summed E-state index contributed by atoms with van der Waals surface area (Å²) in [6.45, 7) is 2.04. The van der Waals surface area contributed by atoms with Gasteiger partial charge in [-0.1, -0.05) is 45.4 Å². The molecule has 5 heteroatoms. The molecule has 1 aliphatic rings. The van der Waals surface area contributed by atoms with Crippen molar-refractivity contribution in [2.24, 2.45) is 0 Å². The molecule has 0 aromatic heterocycles. The summed E-state index contributed by atoms with van der Waals surface area (Å²) in [7, 11) is 0. The minimum atomic E-state index is -0.183. The van der Waals surface area contributed by atoms with Crippen molar-refractivity contribution in [3.63, 3.8) is 0 Å². The van der Waals surface area contributed by atoms with Crippen LogP contribution in [0.3, 0.4) is 0 Å². The molecule has 0 heterocycles. The van der Waals surface area contributed by atoms with Crippen LogP contribution in [0, 0.1) is 0 Å². The molecule has 2 amide bonds. The third kappa shape index (κ3) is 8.37. The summed E-state index contributed by atoms with van der Waals surface area (Å²) in [5, 5.41) is 15.1. The lowest BCUT2D eigenvalue weighted by molar-refractivity contribution is -0.127. The molecule has 0 saturated heterocycles. The smallest absolute Gasteiger partial charge is 0.220 e. The number of aliphatic hydroxyl groups excluding tert-OH is 1. The van der Waals surface area contributed by atoms with Crippen molar-refractivity contribution < 1.29 is 14.7 Å². The van der Waals surface area contributed by atoms with Crippen molar-refractivity contribution in [1.82, 2.24) is 10.6 Å². The normalized spacial score (nSPS) is 17.5. The molecule has 3 N–H and O–H groups in total. The van der Waals surface area contributed by atoms with E-state index in [0.29, 0.717) is 0 Å². The highest BCUT2D eigenvalue weighted by molar-refractivity contribution is 5.83. The van der Waals surface area contributed by atoms with Gasteiger partial charge in [0.15, 0.2) is 0 Å². The Morgan fingerprint density at radius 1 is 1.09 bits per heavy atom. The van der Waals surface area contributed by atoms with E-state index in [0.717, 1.165) is 32.1 Å². The Labute approximate surface area is 134 Å². The number of nitrogens with one attached hydrogen (secondary N) is 2. The van der Waals surface area contributed by atoms with Crippen LogP contribution in [0.5, 0.6) is 0 Å². The average molecular weight is 312 g/mol. The monoisotopic (exact) mass is 312 g/mol. The SMILES string of the molecule is CCCCC(CO)NC(=O)CCC(=O)NC1CCCCCC1. The Bertz CT molecular complexity index is 326. The molecule has 128 valence electrons. The number of hydrogen-bond donors (Lipinski definition) is 3. The molecular formula is C17H32N2O3. The zero-order valence-electron chi connectivity index (χ0n) is 13.9. The summed E-state index contributed by atoms with van der Waals surface area (Å²) in [5.41, 5.74) is 0. The second-order valence-electron chi connectivity index (χ2n) is 6.35. The predicted molar refractivity (Wildman–Crippen MR) is 87.4 cm³/mol. The third-order valence-corrected chi connectivity index (χ3v) is 4.29.